The van der Waals surface area contributed by atoms with Crippen LogP contribution in [0.4, 0.5) is 0 Å². The molecular weight excluding hydrogens is 352 g/mol. The molecule has 0 N–H and O–H groups in total. The van der Waals surface area contributed by atoms with Gasteiger partial charge < -0.3 is 9.47 Å². The fourth-order valence-electron chi connectivity index (χ4n) is 2.81. The summed E-state index contributed by atoms with van der Waals surface area (Å²) in [6, 6.07) is 13.4. The lowest BCUT2D eigenvalue weighted by molar-refractivity contribution is -0.153. The first-order valence-corrected chi connectivity index (χ1v) is 9.66. The standard InChI is InChI=1S/C24H30O4/c1-17-8-11-20(12-9-17)21(25)16-28-23(26)24(4,5)13-6-14-27-22-15-18(2)7-10-19(22)3/h7-12,15H,6,13-14,16H2,1-5H3. The molecule has 2 aromatic rings. The molecule has 0 bridgehead atoms. The van der Waals surface area contributed by atoms with Crippen molar-refractivity contribution in [2.45, 2.75) is 47.5 Å². The van der Waals surface area contributed by atoms with Crippen LogP contribution in [-0.2, 0) is 9.53 Å². The monoisotopic (exact) mass is 382 g/mol. The molecule has 4 nitrogen and oxygen atoms in total. The minimum Gasteiger partial charge on any atom is -0.493 e. The Morgan fingerprint density at radius 3 is 2.25 bits per heavy atom. The van der Waals surface area contributed by atoms with E-state index in [0.717, 1.165) is 28.9 Å². The van der Waals surface area contributed by atoms with E-state index < -0.39 is 5.41 Å². The van der Waals surface area contributed by atoms with Crippen LogP contribution in [-0.4, -0.2) is 25.0 Å². The fraction of sp³-hybridized carbons (Fsp3) is 0.417. The van der Waals surface area contributed by atoms with Gasteiger partial charge in [-0.2, -0.15) is 0 Å². The lowest BCUT2D eigenvalue weighted by Gasteiger charge is -2.22. The van der Waals surface area contributed by atoms with Crippen molar-refractivity contribution in [3.8, 4) is 5.75 Å². The topological polar surface area (TPSA) is 52.6 Å². The first-order chi connectivity index (χ1) is 13.2. The van der Waals surface area contributed by atoms with Gasteiger partial charge in [-0.25, -0.2) is 0 Å². The van der Waals surface area contributed by atoms with Crippen LogP contribution >= 0.6 is 0 Å². The van der Waals surface area contributed by atoms with Gasteiger partial charge in [-0.3, -0.25) is 9.59 Å². The lowest BCUT2D eigenvalue weighted by atomic mass is 9.88. The highest BCUT2D eigenvalue weighted by Crippen LogP contribution is 2.25. The highest BCUT2D eigenvalue weighted by atomic mass is 16.5. The van der Waals surface area contributed by atoms with E-state index in [1.54, 1.807) is 12.1 Å². The molecule has 0 aliphatic carbocycles. The molecule has 0 aliphatic rings. The van der Waals surface area contributed by atoms with Crippen LogP contribution in [0.3, 0.4) is 0 Å². The van der Waals surface area contributed by atoms with Crippen molar-refractivity contribution in [3.63, 3.8) is 0 Å². The molecule has 0 amide bonds. The van der Waals surface area contributed by atoms with Crippen molar-refractivity contribution in [2.75, 3.05) is 13.2 Å². The number of carbonyl (C=O) groups is 2. The second-order valence-corrected chi connectivity index (χ2v) is 7.97. The van der Waals surface area contributed by atoms with Crippen LogP contribution in [0.1, 0.15) is 53.7 Å². The molecule has 0 saturated carbocycles. The molecular formula is C24H30O4. The third-order valence-electron chi connectivity index (χ3n) is 4.81. The molecule has 0 aliphatic heterocycles. The van der Waals surface area contributed by atoms with Crippen LogP contribution in [0.25, 0.3) is 0 Å². The van der Waals surface area contributed by atoms with Gasteiger partial charge >= 0.3 is 5.97 Å². The van der Waals surface area contributed by atoms with Crippen LogP contribution in [0.15, 0.2) is 42.5 Å². The average Bonchev–Trinajstić information content (AvgIpc) is 2.66. The van der Waals surface area contributed by atoms with Crippen molar-refractivity contribution < 1.29 is 19.1 Å². The Balaban J connectivity index is 1.78. The predicted molar refractivity (Wildman–Crippen MR) is 111 cm³/mol. The van der Waals surface area contributed by atoms with Crippen molar-refractivity contribution in [2.24, 2.45) is 5.41 Å². The maximum Gasteiger partial charge on any atom is 0.311 e. The first kappa shape index (κ1) is 21.7. The van der Waals surface area contributed by atoms with Crippen molar-refractivity contribution in [1.29, 1.82) is 0 Å². The van der Waals surface area contributed by atoms with Gasteiger partial charge in [0.05, 0.1) is 12.0 Å². The van der Waals surface area contributed by atoms with Gasteiger partial charge in [0.1, 0.15) is 5.75 Å². The van der Waals surface area contributed by atoms with Gasteiger partial charge in [-0.1, -0.05) is 42.0 Å². The summed E-state index contributed by atoms with van der Waals surface area (Å²) < 4.78 is 11.1. The number of hydrogen-bond acceptors (Lipinski definition) is 4. The number of ether oxygens (including phenoxy) is 2. The number of rotatable bonds is 9. The number of benzene rings is 2. The van der Waals surface area contributed by atoms with E-state index in [2.05, 4.69) is 6.07 Å². The van der Waals surface area contributed by atoms with E-state index in [0.29, 0.717) is 18.6 Å². The number of Topliss-reactive ketones (excluding diaryl/α,β-unsaturated/α-hetero) is 1. The van der Waals surface area contributed by atoms with Gasteiger partial charge in [-0.15, -0.1) is 0 Å². The molecule has 0 atom stereocenters. The van der Waals surface area contributed by atoms with Crippen molar-refractivity contribution >= 4 is 11.8 Å². The number of aryl methyl sites for hydroxylation is 3. The third kappa shape index (κ3) is 6.22. The summed E-state index contributed by atoms with van der Waals surface area (Å²) in [5, 5.41) is 0. The maximum atomic E-state index is 12.4. The molecule has 150 valence electrons. The number of hydrogen-bond donors (Lipinski definition) is 0. The predicted octanol–water partition coefficient (Wildman–Crippen LogP) is 5.22. The Kier molecular flexibility index (Phi) is 7.38. The molecule has 0 aromatic heterocycles. The third-order valence-corrected chi connectivity index (χ3v) is 4.81. The summed E-state index contributed by atoms with van der Waals surface area (Å²) in [6.07, 6.45) is 1.34. The number of ketones is 1. The van der Waals surface area contributed by atoms with Crippen molar-refractivity contribution in [3.05, 3.63) is 64.7 Å². The first-order valence-electron chi connectivity index (χ1n) is 9.66. The van der Waals surface area contributed by atoms with Crippen LogP contribution in [0.2, 0.25) is 0 Å². The van der Waals surface area contributed by atoms with Gasteiger partial charge in [0.15, 0.2) is 12.4 Å². The summed E-state index contributed by atoms with van der Waals surface area (Å²) in [5.41, 5.74) is 3.22. The maximum absolute atomic E-state index is 12.4. The Morgan fingerprint density at radius 1 is 0.929 bits per heavy atom. The molecule has 2 rings (SSSR count). The molecule has 0 unspecified atom stereocenters. The molecule has 4 heteroatoms. The zero-order chi connectivity index (χ0) is 20.7. The second kappa shape index (κ2) is 9.54. The van der Waals surface area contributed by atoms with E-state index in [9.17, 15) is 9.59 Å². The molecule has 28 heavy (non-hydrogen) atoms. The highest BCUT2D eigenvalue weighted by Gasteiger charge is 2.29. The van der Waals surface area contributed by atoms with Gasteiger partial charge in [0.25, 0.3) is 0 Å². The summed E-state index contributed by atoms with van der Waals surface area (Å²) in [4.78, 5) is 24.6. The molecule has 0 spiro atoms. The molecule has 0 heterocycles. The Hall–Kier alpha value is -2.62. The van der Waals surface area contributed by atoms with E-state index >= 15 is 0 Å². The van der Waals surface area contributed by atoms with Crippen LogP contribution in [0.5, 0.6) is 5.75 Å². The lowest BCUT2D eigenvalue weighted by Crippen LogP contribution is -2.29. The van der Waals surface area contributed by atoms with Gasteiger partial charge in [-0.05, 0) is 64.7 Å². The summed E-state index contributed by atoms with van der Waals surface area (Å²) in [7, 11) is 0. The summed E-state index contributed by atoms with van der Waals surface area (Å²) in [6.45, 7) is 9.98. The van der Waals surface area contributed by atoms with Crippen molar-refractivity contribution in [1.82, 2.24) is 0 Å². The molecule has 0 saturated heterocycles. The molecule has 0 fully saturated rings. The quantitative estimate of drug-likeness (QED) is 0.339. The molecule has 0 radical (unpaired) electrons. The summed E-state index contributed by atoms with van der Waals surface area (Å²) >= 11 is 0. The van der Waals surface area contributed by atoms with E-state index in [-0.39, 0.29) is 18.4 Å². The Morgan fingerprint density at radius 2 is 1.57 bits per heavy atom. The SMILES string of the molecule is Cc1ccc(C(=O)COC(=O)C(C)(C)CCCOc2cc(C)ccc2C)cc1. The Bertz CT molecular complexity index is 819. The van der Waals surface area contributed by atoms with E-state index in [1.807, 2.05) is 58.9 Å². The summed E-state index contributed by atoms with van der Waals surface area (Å²) in [5.74, 6) is 0.325. The normalized spacial score (nSPS) is 11.2. The zero-order valence-corrected chi connectivity index (χ0v) is 17.5. The second-order valence-electron chi connectivity index (χ2n) is 7.97. The largest absolute Gasteiger partial charge is 0.493 e. The smallest absolute Gasteiger partial charge is 0.311 e. The van der Waals surface area contributed by atoms with Gasteiger partial charge in [0.2, 0.25) is 0 Å². The highest BCUT2D eigenvalue weighted by molar-refractivity contribution is 5.98. The zero-order valence-electron chi connectivity index (χ0n) is 17.5. The average molecular weight is 383 g/mol. The van der Waals surface area contributed by atoms with Crippen LogP contribution in [0, 0.1) is 26.2 Å². The minimum atomic E-state index is -0.668. The minimum absolute atomic E-state index is 0.192. The van der Waals surface area contributed by atoms with E-state index in [4.69, 9.17) is 9.47 Å². The van der Waals surface area contributed by atoms with Gasteiger partial charge in [0, 0.05) is 5.56 Å². The van der Waals surface area contributed by atoms with Crippen LogP contribution < -0.4 is 4.74 Å². The Labute approximate surface area is 167 Å². The number of esters is 1. The van der Waals surface area contributed by atoms with E-state index in [1.165, 1.54) is 0 Å². The number of carbonyl (C=O) groups excluding carboxylic acids is 2. The fourth-order valence-corrected chi connectivity index (χ4v) is 2.81. The molecule has 2 aromatic carbocycles.